The Kier molecular flexibility index (Phi) is 55.5. The van der Waals surface area contributed by atoms with E-state index in [1.807, 2.05) is 21.1 Å². The number of aliphatic carboxylic acids is 1. The molecule has 0 amide bonds. The number of likely N-dealkylation sites (N-methyl/N-ethyl adjacent to an activating group) is 1. The summed E-state index contributed by atoms with van der Waals surface area (Å²) in [7, 11) is 5.96. The fourth-order valence-electron chi connectivity index (χ4n) is 8.52. The van der Waals surface area contributed by atoms with Crippen molar-refractivity contribution >= 4 is 17.9 Å². The normalized spacial score (nSPS) is 13.4. The molecule has 0 heterocycles. The molecule has 0 saturated heterocycles. The van der Waals surface area contributed by atoms with Crippen molar-refractivity contribution < 1.29 is 42.9 Å². The van der Waals surface area contributed by atoms with Crippen molar-refractivity contribution in [2.45, 2.75) is 270 Å². The minimum absolute atomic E-state index is 0.179. The van der Waals surface area contributed by atoms with Crippen LogP contribution in [0.1, 0.15) is 258 Å². The maximum absolute atomic E-state index is 12.9. The van der Waals surface area contributed by atoms with Gasteiger partial charge in [-0.3, -0.25) is 9.59 Å². The number of nitrogens with zero attached hydrogens (tertiary/aromatic N) is 1. The largest absolute Gasteiger partial charge is 0.477 e. The zero-order chi connectivity index (χ0) is 56.2. The van der Waals surface area contributed by atoms with Crippen molar-refractivity contribution in [2.75, 3.05) is 47.5 Å². The monoisotopic (exact) mass is 1080 g/mol. The summed E-state index contributed by atoms with van der Waals surface area (Å²) in [5.74, 6) is -2.03. The van der Waals surface area contributed by atoms with Crippen LogP contribution in [0.15, 0.2) is 97.2 Å². The number of carbonyl (C=O) groups excluding carboxylic acids is 2. The van der Waals surface area contributed by atoms with Crippen LogP contribution in [-0.2, 0) is 33.3 Å². The highest BCUT2D eigenvalue weighted by Crippen LogP contribution is 2.16. The number of allylic oxidation sites excluding steroid dienone is 16. The SMILES string of the molecule is CC/C=C\C/C=C\C/C=C\C/C=C\C/C=C\CCCCCCCC(=O)OC(COC(=O)CCCCCCCCCCCCCCCCCC/C=C\C/C=C\C/C=C\CCCCCCC)COC(OCC[N+](C)(C)C)C(=O)O. The summed E-state index contributed by atoms with van der Waals surface area (Å²) in [6.45, 7) is 4.74. The van der Waals surface area contributed by atoms with E-state index < -0.39 is 24.3 Å². The Labute approximate surface area is 473 Å². The molecule has 0 aromatic heterocycles. The smallest absolute Gasteiger partial charge is 0.361 e. The van der Waals surface area contributed by atoms with E-state index in [2.05, 4.69) is 111 Å². The molecule has 9 nitrogen and oxygen atoms in total. The molecule has 0 fully saturated rings. The molecule has 1 N–H and O–H groups in total. The van der Waals surface area contributed by atoms with Gasteiger partial charge in [-0.2, -0.15) is 0 Å². The van der Waals surface area contributed by atoms with E-state index in [1.54, 1.807) is 0 Å². The lowest BCUT2D eigenvalue weighted by Crippen LogP contribution is -2.40. The van der Waals surface area contributed by atoms with Crippen molar-refractivity contribution in [3.63, 3.8) is 0 Å². The molecule has 0 spiro atoms. The zero-order valence-electron chi connectivity index (χ0n) is 50.3. The molecule has 0 aliphatic heterocycles. The number of carboxylic acid groups (broad SMARTS) is 1. The van der Waals surface area contributed by atoms with Gasteiger partial charge in [-0.15, -0.1) is 0 Å². The molecule has 0 aliphatic carbocycles. The molecule has 77 heavy (non-hydrogen) atoms. The molecule has 0 aliphatic rings. The summed E-state index contributed by atoms with van der Waals surface area (Å²) < 4.78 is 22.9. The van der Waals surface area contributed by atoms with Crippen LogP contribution >= 0.6 is 0 Å². The topological polar surface area (TPSA) is 108 Å². The average molecular weight is 1080 g/mol. The summed E-state index contributed by atoms with van der Waals surface area (Å²) in [5.41, 5.74) is 0. The van der Waals surface area contributed by atoms with Gasteiger partial charge in [0.1, 0.15) is 13.2 Å². The van der Waals surface area contributed by atoms with Gasteiger partial charge in [0.05, 0.1) is 34.4 Å². The molecule has 0 radical (unpaired) electrons. The lowest BCUT2D eigenvalue weighted by Gasteiger charge is -2.25. The summed E-state index contributed by atoms with van der Waals surface area (Å²) in [4.78, 5) is 37.5. The second-order valence-corrected chi connectivity index (χ2v) is 22.0. The molecule has 2 unspecified atom stereocenters. The van der Waals surface area contributed by atoms with Crippen LogP contribution in [0, 0.1) is 0 Å². The number of rotatable bonds is 57. The standard InChI is InChI=1S/C68H117NO8/c1-6-8-10-12-14-16-18-20-22-24-26-28-29-30-31-32-33-34-35-36-37-39-40-42-44-46-48-50-52-54-56-58-65(70)75-62-64(63-76-68(67(72)73)74-61-60-69(3,4)5)77-66(71)59-57-55-53-51-49-47-45-43-41-38-27-25-23-21-19-17-15-13-11-9-7-2/h9,11,15,17-18,20-21,23-24,26-27,29-30,38,43,45,64,68H,6-8,10,12-14,16,19,22,25,28,31-37,39-42,44,46-63H2,1-5H3/p+1/b11-9-,17-15-,20-18-,23-21-,26-24-,30-29-,38-27-,45-43-. The molecule has 0 saturated carbocycles. The predicted molar refractivity (Wildman–Crippen MR) is 327 cm³/mol. The molecular formula is C68H118NO8+. The number of carboxylic acids is 1. The Morgan fingerprint density at radius 3 is 1.10 bits per heavy atom. The molecule has 0 aromatic carbocycles. The first kappa shape index (κ1) is 73.2. The fraction of sp³-hybridized carbons (Fsp3) is 0.721. The third-order valence-electron chi connectivity index (χ3n) is 13.3. The van der Waals surface area contributed by atoms with Gasteiger partial charge in [0.25, 0.3) is 6.29 Å². The van der Waals surface area contributed by atoms with Gasteiger partial charge in [-0.1, -0.05) is 246 Å². The molecule has 9 heteroatoms. The van der Waals surface area contributed by atoms with Crippen molar-refractivity contribution in [3.05, 3.63) is 97.2 Å². The highest BCUT2D eigenvalue weighted by molar-refractivity contribution is 5.71. The summed E-state index contributed by atoms with van der Waals surface area (Å²) in [5, 5.41) is 9.72. The predicted octanol–water partition coefficient (Wildman–Crippen LogP) is 18.9. The van der Waals surface area contributed by atoms with Crippen LogP contribution in [0.3, 0.4) is 0 Å². The second-order valence-electron chi connectivity index (χ2n) is 22.0. The minimum atomic E-state index is -1.52. The highest BCUT2D eigenvalue weighted by Gasteiger charge is 2.25. The number of quaternary nitrogens is 1. The van der Waals surface area contributed by atoms with E-state index in [1.165, 1.54) is 128 Å². The zero-order valence-corrected chi connectivity index (χ0v) is 50.3. The van der Waals surface area contributed by atoms with Crippen LogP contribution in [0.25, 0.3) is 0 Å². The van der Waals surface area contributed by atoms with E-state index in [4.69, 9.17) is 18.9 Å². The third-order valence-corrected chi connectivity index (χ3v) is 13.3. The van der Waals surface area contributed by atoms with Crippen LogP contribution in [0.5, 0.6) is 0 Å². The lowest BCUT2D eigenvalue weighted by molar-refractivity contribution is -0.870. The van der Waals surface area contributed by atoms with Gasteiger partial charge in [0.15, 0.2) is 6.10 Å². The van der Waals surface area contributed by atoms with E-state index >= 15 is 0 Å². The Morgan fingerprint density at radius 2 is 0.740 bits per heavy atom. The Hall–Kier alpha value is -3.79. The van der Waals surface area contributed by atoms with Gasteiger partial charge in [0.2, 0.25) is 0 Å². The van der Waals surface area contributed by atoms with Crippen molar-refractivity contribution in [2.24, 2.45) is 0 Å². The minimum Gasteiger partial charge on any atom is -0.477 e. The molecule has 0 bridgehead atoms. The summed E-state index contributed by atoms with van der Waals surface area (Å²) >= 11 is 0. The second kappa shape index (κ2) is 58.4. The summed E-state index contributed by atoms with van der Waals surface area (Å²) in [6, 6.07) is 0. The maximum Gasteiger partial charge on any atom is 0.361 e. The first-order valence-corrected chi connectivity index (χ1v) is 31.4. The van der Waals surface area contributed by atoms with E-state index in [9.17, 15) is 19.5 Å². The molecule has 2 atom stereocenters. The number of esters is 2. The highest BCUT2D eigenvalue weighted by atomic mass is 16.7. The Bertz CT molecular complexity index is 1580. The quantitative estimate of drug-likeness (QED) is 0.0211. The van der Waals surface area contributed by atoms with Crippen LogP contribution in [0.2, 0.25) is 0 Å². The first-order chi connectivity index (χ1) is 37.6. The van der Waals surface area contributed by atoms with Crippen molar-refractivity contribution in [3.8, 4) is 0 Å². The molecule has 442 valence electrons. The van der Waals surface area contributed by atoms with Crippen LogP contribution < -0.4 is 0 Å². The van der Waals surface area contributed by atoms with E-state index in [0.29, 0.717) is 23.9 Å². The number of hydrogen-bond acceptors (Lipinski definition) is 7. The van der Waals surface area contributed by atoms with Crippen LogP contribution in [-0.4, -0.2) is 87.4 Å². The van der Waals surface area contributed by atoms with E-state index in [-0.39, 0.29) is 32.2 Å². The number of unbranched alkanes of at least 4 members (excludes halogenated alkanes) is 26. The Balaban J connectivity index is 4.19. The van der Waals surface area contributed by atoms with Gasteiger partial charge in [0, 0.05) is 12.8 Å². The number of ether oxygens (including phenoxy) is 4. The maximum atomic E-state index is 12.9. The summed E-state index contributed by atoms with van der Waals surface area (Å²) in [6.07, 6.45) is 76.4. The van der Waals surface area contributed by atoms with Crippen LogP contribution in [0.4, 0.5) is 0 Å². The number of hydrogen-bond donors (Lipinski definition) is 1. The fourth-order valence-corrected chi connectivity index (χ4v) is 8.52. The lowest BCUT2D eigenvalue weighted by atomic mass is 10.0. The molecule has 0 aromatic rings. The van der Waals surface area contributed by atoms with Crippen molar-refractivity contribution in [1.29, 1.82) is 0 Å². The third kappa shape index (κ3) is 59.7. The number of carbonyl (C=O) groups is 3. The van der Waals surface area contributed by atoms with Crippen molar-refractivity contribution in [1.82, 2.24) is 0 Å². The molecular weight excluding hydrogens is 959 g/mol. The van der Waals surface area contributed by atoms with Gasteiger partial charge in [-0.05, 0) is 96.3 Å². The van der Waals surface area contributed by atoms with E-state index in [0.717, 1.165) is 96.3 Å². The van der Waals surface area contributed by atoms with Gasteiger partial charge >= 0.3 is 17.9 Å². The van der Waals surface area contributed by atoms with Gasteiger partial charge < -0.3 is 28.5 Å². The first-order valence-electron chi connectivity index (χ1n) is 31.4. The molecule has 0 rings (SSSR count). The Morgan fingerprint density at radius 1 is 0.403 bits per heavy atom. The van der Waals surface area contributed by atoms with Gasteiger partial charge in [-0.25, -0.2) is 4.79 Å². The average Bonchev–Trinajstić information content (AvgIpc) is 3.40.